The van der Waals surface area contributed by atoms with Gasteiger partial charge < -0.3 is 15.1 Å². The molecule has 7 nitrogen and oxygen atoms in total. The molecule has 0 aromatic heterocycles. The Morgan fingerprint density at radius 2 is 2.16 bits per heavy atom. The molecule has 2 rings (SSSR count). The van der Waals surface area contributed by atoms with Crippen molar-refractivity contribution in [2.75, 3.05) is 19.7 Å². The van der Waals surface area contributed by atoms with Gasteiger partial charge in [0.1, 0.15) is 5.82 Å². The minimum Gasteiger partial charge on any atom is -0.396 e. The Labute approximate surface area is 146 Å². The van der Waals surface area contributed by atoms with Gasteiger partial charge in [-0.1, -0.05) is 13.3 Å². The predicted octanol–water partition coefficient (Wildman–Crippen LogP) is 0.459. The average molecular weight is 374 g/mol. The van der Waals surface area contributed by atoms with E-state index in [0.29, 0.717) is 12.8 Å². The maximum absolute atomic E-state index is 14.0. The Kier molecular flexibility index (Phi) is 5.82. The highest BCUT2D eigenvalue weighted by atomic mass is 32.2. The number of aliphatic hydroxyl groups is 2. The summed E-state index contributed by atoms with van der Waals surface area (Å²) in [5, 5.41) is 25.1. The van der Waals surface area contributed by atoms with Gasteiger partial charge in [0.25, 0.3) is 5.91 Å². The Bertz CT molecular complexity index is 755. The minimum absolute atomic E-state index is 0.0571. The third-order valence-corrected chi connectivity index (χ3v) is 5.74. The highest BCUT2D eigenvalue weighted by Crippen LogP contribution is 2.36. The summed E-state index contributed by atoms with van der Waals surface area (Å²) >= 11 is 0. The van der Waals surface area contributed by atoms with Gasteiger partial charge in [-0.25, -0.2) is 17.9 Å². The van der Waals surface area contributed by atoms with Crippen molar-refractivity contribution in [2.24, 2.45) is 10.6 Å². The molecular weight excluding hydrogens is 351 g/mol. The second-order valence-electron chi connectivity index (χ2n) is 6.47. The third kappa shape index (κ3) is 4.00. The number of amides is 1. The number of hydrogen-bond donors (Lipinski definition) is 3. The molecule has 1 amide bonds. The summed E-state index contributed by atoms with van der Waals surface area (Å²) in [4.78, 5) is 13.5. The van der Waals surface area contributed by atoms with Gasteiger partial charge in [-0.05, 0) is 31.0 Å². The quantitative estimate of drug-likeness (QED) is 0.691. The molecule has 1 aliphatic rings. The number of likely N-dealkylation sites (tertiary alicyclic amines) is 1. The van der Waals surface area contributed by atoms with E-state index in [2.05, 4.69) is 0 Å². The molecule has 1 heterocycles. The summed E-state index contributed by atoms with van der Waals surface area (Å²) < 4.78 is 36.8. The van der Waals surface area contributed by atoms with Gasteiger partial charge in [0, 0.05) is 18.5 Å². The van der Waals surface area contributed by atoms with Crippen molar-refractivity contribution in [2.45, 2.75) is 37.2 Å². The molecule has 25 heavy (non-hydrogen) atoms. The summed E-state index contributed by atoms with van der Waals surface area (Å²) in [7, 11) is -4.07. The number of carbonyl (C=O) groups excluding carboxylic acids is 1. The molecule has 1 aliphatic heterocycles. The molecule has 2 atom stereocenters. The van der Waals surface area contributed by atoms with Crippen LogP contribution in [0.2, 0.25) is 0 Å². The van der Waals surface area contributed by atoms with E-state index < -0.39 is 38.8 Å². The van der Waals surface area contributed by atoms with Gasteiger partial charge in [0.15, 0.2) is 0 Å². The van der Waals surface area contributed by atoms with Crippen molar-refractivity contribution >= 4 is 15.9 Å². The second-order valence-corrected chi connectivity index (χ2v) is 8.04. The molecule has 4 N–H and O–H groups in total. The van der Waals surface area contributed by atoms with Crippen molar-refractivity contribution < 1.29 is 27.8 Å². The summed E-state index contributed by atoms with van der Waals surface area (Å²) in [6.45, 7) is 1.92. The van der Waals surface area contributed by atoms with E-state index in [4.69, 9.17) is 5.14 Å². The zero-order chi connectivity index (χ0) is 18.8. The van der Waals surface area contributed by atoms with Crippen LogP contribution in [0.1, 0.15) is 36.5 Å². The molecule has 0 bridgehead atoms. The summed E-state index contributed by atoms with van der Waals surface area (Å²) in [5.74, 6) is -1.58. The van der Waals surface area contributed by atoms with Crippen LogP contribution < -0.4 is 5.14 Å². The maximum Gasteiger partial charge on any atom is 0.256 e. The predicted molar refractivity (Wildman–Crippen MR) is 88.7 cm³/mol. The third-order valence-electron chi connectivity index (χ3n) is 4.83. The van der Waals surface area contributed by atoms with E-state index in [-0.39, 0.29) is 24.6 Å². The van der Waals surface area contributed by atoms with E-state index in [0.717, 1.165) is 24.6 Å². The van der Waals surface area contributed by atoms with Gasteiger partial charge in [-0.15, -0.1) is 0 Å². The van der Waals surface area contributed by atoms with Crippen LogP contribution in [-0.2, 0) is 10.0 Å². The first-order valence-corrected chi connectivity index (χ1v) is 9.60. The standard InChI is InChI=1S/C16H23FN2O5S/c1-2-5-16(10-20)6-7-19(9-14(16)21)15(22)12-8-11(25(18,23)24)3-4-13(12)17/h3-4,8,14,20-21H,2,5-7,9-10H2,1H3,(H2,18,23,24)/t14-,16-/m1/s1. The van der Waals surface area contributed by atoms with Crippen LogP contribution in [0.5, 0.6) is 0 Å². The van der Waals surface area contributed by atoms with Crippen molar-refractivity contribution in [1.29, 1.82) is 0 Å². The largest absolute Gasteiger partial charge is 0.396 e. The topological polar surface area (TPSA) is 121 Å². The van der Waals surface area contributed by atoms with Crippen LogP contribution in [0, 0.1) is 11.2 Å². The minimum atomic E-state index is -4.07. The molecule has 0 aliphatic carbocycles. The molecule has 1 fully saturated rings. The molecular formula is C16H23FN2O5S. The molecule has 1 aromatic carbocycles. The van der Waals surface area contributed by atoms with Crippen molar-refractivity contribution in [3.8, 4) is 0 Å². The van der Waals surface area contributed by atoms with E-state index in [1.807, 2.05) is 6.92 Å². The lowest BCUT2D eigenvalue weighted by Crippen LogP contribution is -2.54. The Balaban J connectivity index is 2.26. The zero-order valence-corrected chi connectivity index (χ0v) is 14.8. The fourth-order valence-electron chi connectivity index (χ4n) is 3.27. The van der Waals surface area contributed by atoms with Crippen LogP contribution >= 0.6 is 0 Å². The van der Waals surface area contributed by atoms with E-state index in [1.165, 1.54) is 4.90 Å². The SMILES string of the molecule is CCC[C@]1(CO)CCN(C(=O)c2cc(S(N)(=O)=O)ccc2F)C[C@H]1O. The van der Waals surface area contributed by atoms with Crippen LogP contribution in [0.4, 0.5) is 4.39 Å². The number of nitrogens with two attached hydrogens (primary N) is 1. The number of rotatable bonds is 5. The van der Waals surface area contributed by atoms with Gasteiger partial charge in [-0.3, -0.25) is 4.79 Å². The van der Waals surface area contributed by atoms with Gasteiger partial charge in [0.2, 0.25) is 10.0 Å². The molecule has 140 valence electrons. The van der Waals surface area contributed by atoms with Gasteiger partial charge >= 0.3 is 0 Å². The number of β-amino-alcohol motifs (C(OH)–C–C–N with tert-alkyl or cyclic N) is 1. The first-order chi connectivity index (χ1) is 11.6. The van der Waals surface area contributed by atoms with Crippen LogP contribution in [0.25, 0.3) is 0 Å². The Morgan fingerprint density at radius 1 is 1.48 bits per heavy atom. The number of primary sulfonamides is 1. The zero-order valence-electron chi connectivity index (χ0n) is 14.0. The normalized spacial score (nSPS) is 24.4. The van der Waals surface area contributed by atoms with Crippen molar-refractivity contribution in [3.63, 3.8) is 0 Å². The number of carbonyl (C=O) groups is 1. The number of sulfonamides is 1. The highest BCUT2D eigenvalue weighted by molar-refractivity contribution is 7.89. The number of nitrogens with zero attached hydrogens (tertiary/aromatic N) is 1. The molecule has 0 spiro atoms. The second kappa shape index (κ2) is 7.36. The number of piperidine rings is 1. The monoisotopic (exact) mass is 374 g/mol. The molecule has 0 unspecified atom stereocenters. The lowest BCUT2D eigenvalue weighted by molar-refractivity contribution is -0.0714. The van der Waals surface area contributed by atoms with E-state index >= 15 is 0 Å². The smallest absolute Gasteiger partial charge is 0.256 e. The highest BCUT2D eigenvalue weighted by Gasteiger charge is 2.42. The fraction of sp³-hybridized carbons (Fsp3) is 0.562. The molecule has 0 radical (unpaired) electrons. The number of hydrogen-bond acceptors (Lipinski definition) is 5. The molecule has 1 saturated heterocycles. The number of benzene rings is 1. The van der Waals surface area contributed by atoms with Crippen LogP contribution in [-0.4, -0.2) is 55.2 Å². The lowest BCUT2D eigenvalue weighted by Gasteiger charge is -2.44. The average Bonchev–Trinajstić information content (AvgIpc) is 2.55. The maximum atomic E-state index is 14.0. The number of halogens is 1. The van der Waals surface area contributed by atoms with Crippen LogP contribution in [0.3, 0.4) is 0 Å². The molecule has 1 aromatic rings. The van der Waals surface area contributed by atoms with Crippen LogP contribution in [0.15, 0.2) is 23.1 Å². The first kappa shape index (κ1) is 19.8. The fourth-order valence-corrected chi connectivity index (χ4v) is 3.81. The molecule has 9 heteroatoms. The Morgan fingerprint density at radius 3 is 2.68 bits per heavy atom. The van der Waals surface area contributed by atoms with Gasteiger partial charge in [-0.2, -0.15) is 0 Å². The lowest BCUT2D eigenvalue weighted by atomic mass is 9.73. The van der Waals surface area contributed by atoms with Crippen molar-refractivity contribution in [3.05, 3.63) is 29.6 Å². The van der Waals surface area contributed by atoms with E-state index in [1.54, 1.807) is 0 Å². The summed E-state index contributed by atoms with van der Waals surface area (Å²) in [6, 6.07) is 2.77. The first-order valence-electron chi connectivity index (χ1n) is 8.05. The van der Waals surface area contributed by atoms with Crippen molar-refractivity contribution in [1.82, 2.24) is 4.90 Å². The van der Waals surface area contributed by atoms with Gasteiger partial charge in [0.05, 0.1) is 23.2 Å². The molecule has 0 saturated carbocycles. The summed E-state index contributed by atoms with van der Waals surface area (Å²) in [5.41, 5.74) is -1.09. The summed E-state index contributed by atoms with van der Waals surface area (Å²) in [6.07, 6.45) is 0.818. The van der Waals surface area contributed by atoms with E-state index in [9.17, 15) is 27.8 Å². The number of aliphatic hydroxyl groups excluding tert-OH is 2. The Hall–Kier alpha value is -1.55.